The lowest BCUT2D eigenvalue weighted by molar-refractivity contribution is -0.146. The van der Waals surface area contributed by atoms with Gasteiger partial charge in [0.15, 0.2) is 0 Å². The standard InChI is InChI=1S/C19H23NO5S/c1-3-5-11-25-17(21)13-20-18(22)16(26-19(20)23)12-14-8-6-7-9-15(14)24-10-4-2/h6-9,12H,3-5,10-11,13H2,1-2H3/b16-12+. The van der Waals surface area contributed by atoms with Gasteiger partial charge >= 0.3 is 5.97 Å². The minimum Gasteiger partial charge on any atom is -0.493 e. The van der Waals surface area contributed by atoms with Crippen LogP contribution in [0.15, 0.2) is 29.2 Å². The molecule has 0 spiro atoms. The topological polar surface area (TPSA) is 72.9 Å². The number of thioether (sulfide) groups is 1. The third kappa shape index (κ3) is 5.36. The van der Waals surface area contributed by atoms with Crippen molar-refractivity contribution in [3.05, 3.63) is 34.7 Å². The minimum atomic E-state index is -0.575. The van der Waals surface area contributed by atoms with Gasteiger partial charge in [0.25, 0.3) is 11.1 Å². The zero-order chi connectivity index (χ0) is 18.9. The van der Waals surface area contributed by atoms with Crippen molar-refractivity contribution in [1.82, 2.24) is 4.90 Å². The molecule has 1 aliphatic heterocycles. The highest BCUT2D eigenvalue weighted by Gasteiger charge is 2.36. The fraction of sp³-hybridized carbons (Fsp3) is 0.421. The van der Waals surface area contributed by atoms with Crippen LogP contribution in [-0.4, -0.2) is 41.8 Å². The van der Waals surface area contributed by atoms with Crippen LogP contribution < -0.4 is 4.74 Å². The van der Waals surface area contributed by atoms with Gasteiger partial charge in [-0.1, -0.05) is 38.5 Å². The monoisotopic (exact) mass is 377 g/mol. The number of hydrogen-bond acceptors (Lipinski definition) is 6. The van der Waals surface area contributed by atoms with Gasteiger partial charge < -0.3 is 9.47 Å². The molecule has 0 unspecified atom stereocenters. The molecule has 7 heteroatoms. The first-order valence-corrected chi connectivity index (χ1v) is 9.51. The largest absolute Gasteiger partial charge is 0.493 e. The molecule has 1 heterocycles. The number of ether oxygens (including phenoxy) is 2. The van der Waals surface area contributed by atoms with Gasteiger partial charge in [0.1, 0.15) is 12.3 Å². The zero-order valence-electron chi connectivity index (χ0n) is 15.0. The molecule has 1 aliphatic rings. The summed E-state index contributed by atoms with van der Waals surface area (Å²) in [6.45, 7) is 4.49. The number of rotatable bonds is 9. The van der Waals surface area contributed by atoms with Gasteiger partial charge in [-0.15, -0.1) is 0 Å². The van der Waals surface area contributed by atoms with Crippen LogP contribution in [0.1, 0.15) is 38.7 Å². The van der Waals surface area contributed by atoms with E-state index in [2.05, 4.69) is 0 Å². The lowest BCUT2D eigenvalue weighted by Crippen LogP contribution is -2.34. The highest BCUT2D eigenvalue weighted by molar-refractivity contribution is 8.18. The Bertz CT molecular complexity index is 701. The summed E-state index contributed by atoms with van der Waals surface area (Å²) in [6.07, 6.45) is 4.14. The fourth-order valence-electron chi connectivity index (χ4n) is 2.23. The van der Waals surface area contributed by atoms with Crippen LogP contribution in [0.2, 0.25) is 0 Å². The number of imide groups is 1. The summed E-state index contributed by atoms with van der Waals surface area (Å²) < 4.78 is 10.7. The lowest BCUT2D eigenvalue weighted by Gasteiger charge is -2.11. The first-order chi connectivity index (χ1) is 12.6. The molecule has 1 aromatic rings. The Morgan fingerprint density at radius 3 is 2.65 bits per heavy atom. The number of carbonyl (C=O) groups excluding carboxylic acids is 3. The Labute approximate surface area is 157 Å². The highest BCUT2D eigenvalue weighted by Crippen LogP contribution is 2.33. The summed E-state index contributed by atoms with van der Waals surface area (Å²) in [5.74, 6) is -0.411. The summed E-state index contributed by atoms with van der Waals surface area (Å²) in [5.41, 5.74) is 0.719. The average Bonchev–Trinajstić information content (AvgIpc) is 2.88. The second-order valence-corrected chi connectivity index (χ2v) is 6.72. The number of hydrogen-bond donors (Lipinski definition) is 0. The van der Waals surface area contributed by atoms with E-state index in [-0.39, 0.29) is 11.4 Å². The molecule has 2 amide bonds. The number of benzene rings is 1. The van der Waals surface area contributed by atoms with Crippen LogP contribution >= 0.6 is 11.8 Å². The van der Waals surface area contributed by atoms with Crippen molar-refractivity contribution in [1.29, 1.82) is 0 Å². The average molecular weight is 377 g/mol. The van der Waals surface area contributed by atoms with E-state index in [0.29, 0.717) is 19.0 Å². The predicted octanol–water partition coefficient (Wildman–Crippen LogP) is 3.86. The lowest BCUT2D eigenvalue weighted by atomic mass is 10.2. The molecular weight excluding hydrogens is 354 g/mol. The van der Waals surface area contributed by atoms with Gasteiger partial charge in [-0.2, -0.15) is 0 Å². The number of nitrogens with zero attached hydrogens (tertiary/aromatic N) is 1. The molecule has 0 bridgehead atoms. The SMILES string of the molecule is CCCCOC(=O)CN1C(=O)S/C(=C/c2ccccc2OCCC)C1=O. The molecule has 0 aliphatic carbocycles. The summed E-state index contributed by atoms with van der Waals surface area (Å²) in [6, 6.07) is 7.31. The fourth-order valence-corrected chi connectivity index (χ4v) is 3.06. The molecular formula is C19H23NO5S. The number of esters is 1. The number of unbranched alkanes of at least 4 members (excludes halogenated alkanes) is 1. The number of amides is 2. The molecule has 0 aromatic heterocycles. The first kappa shape index (κ1) is 20.0. The third-order valence-electron chi connectivity index (χ3n) is 3.59. The van der Waals surface area contributed by atoms with E-state index in [0.717, 1.165) is 41.5 Å². The molecule has 0 atom stereocenters. The van der Waals surface area contributed by atoms with Crippen molar-refractivity contribution < 1.29 is 23.9 Å². The van der Waals surface area contributed by atoms with Crippen LogP contribution in [0, 0.1) is 0 Å². The maximum absolute atomic E-state index is 12.5. The molecule has 1 saturated heterocycles. The second-order valence-electron chi connectivity index (χ2n) is 5.73. The summed E-state index contributed by atoms with van der Waals surface area (Å²) >= 11 is 0.815. The normalized spacial score (nSPS) is 15.6. The van der Waals surface area contributed by atoms with Crippen molar-refractivity contribution in [2.24, 2.45) is 0 Å². The Balaban J connectivity index is 2.08. The number of para-hydroxylation sites is 1. The van der Waals surface area contributed by atoms with Crippen LogP contribution in [0.5, 0.6) is 5.75 Å². The molecule has 1 aromatic carbocycles. The Hall–Kier alpha value is -2.28. The van der Waals surface area contributed by atoms with Gasteiger partial charge in [0.05, 0.1) is 18.1 Å². The Kier molecular flexibility index (Phi) is 7.72. The van der Waals surface area contributed by atoms with Crippen molar-refractivity contribution in [3.8, 4) is 5.75 Å². The van der Waals surface area contributed by atoms with E-state index in [1.807, 2.05) is 38.1 Å². The second kappa shape index (κ2) is 10.0. The third-order valence-corrected chi connectivity index (χ3v) is 4.50. The van der Waals surface area contributed by atoms with E-state index in [1.165, 1.54) is 0 Å². The van der Waals surface area contributed by atoms with Gasteiger partial charge in [-0.3, -0.25) is 19.3 Å². The van der Waals surface area contributed by atoms with Crippen LogP contribution in [0.25, 0.3) is 6.08 Å². The van der Waals surface area contributed by atoms with E-state index >= 15 is 0 Å². The van der Waals surface area contributed by atoms with Gasteiger partial charge in [0.2, 0.25) is 0 Å². The van der Waals surface area contributed by atoms with Crippen molar-refractivity contribution in [2.75, 3.05) is 19.8 Å². The van der Waals surface area contributed by atoms with Crippen molar-refractivity contribution in [2.45, 2.75) is 33.1 Å². The smallest absolute Gasteiger partial charge is 0.326 e. The van der Waals surface area contributed by atoms with E-state index in [4.69, 9.17) is 9.47 Å². The molecule has 26 heavy (non-hydrogen) atoms. The summed E-state index contributed by atoms with van der Waals surface area (Å²) in [4.78, 5) is 37.5. The minimum absolute atomic E-state index is 0.268. The molecule has 140 valence electrons. The Morgan fingerprint density at radius 2 is 1.92 bits per heavy atom. The van der Waals surface area contributed by atoms with Crippen LogP contribution in [-0.2, 0) is 14.3 Å². The van der Waals surface area contributed by atoms with E-state index < -0.39 is 17.1 Å². The predicted molar refractivity (Wildman–Crippen MR) is 101 cm³/mol. The van der Waals surface area contributed by atoms with Gasteiger partial charge in [0, 0.05) is 5.56 Å². The molecule has 1 fully saturated rings. The molecule has 2 rings (SSSR count). The molecule has 0 N–H and O–H groups in total. The first-order valence-electron chi connectivity index (χ1n) is 8.69. The maximum Gasteiger partial charge on any atom is 0.326 e. The Morgan fingerprint density at radius 1 is 1.15 bits per heavy atom. The van der Waals surface area contributed by atoms with Crippen LogP contribution in [0.3, 0.4) is 0 Å². The molecule has 0 radical (unpaired) electrons. The number of carbonyl (C=O) groups is 3. The molecule has 0 saturated carbocycles. The van der Waals surface area contributed by atoms with Crippen molar-refractivity contribution >= 4 is 35.0 Å². The maximum atomic E-state index is 12.5. The van der Waals surface area contributed by atoms with Crippen LogP contribution in [0.4, 0.5) is 4.79 Å². The quantitative estimate of drug-likeness (QED) is 0.370. The van der Waals surface area contributed by atoms with E-state index in [1.54, 1.807) is 6.08 Å². The molecule has 6 nitrogen and oxygen atoms in total. The van der Waals surface area contributed by atoms with Crippen molar-refractivity contribution in [3.63, 3.8) is 0 Å². The van der Waals surface area contributed by atoms with Gasteiger partial charge in [-0.25, -0.2) is 0 Å². The summed E-state index contributed by atoms with van der Waals surface area (Å²) in [7, 11) is 0. The van der Waals surface area contributed by atoms with Gasteiger partial charge in [-0.05, 0) is 36.7 Å². The van der Waals surface area contributed by atoms with E-state index in [9.17, 15) is 14.4 Å². The highest BCUT2D eigenvalue weighted by atomic mass is 32.2. The summed E-state index contributed by atoms with van der Waals surface area (Å²) in [5, 5.41) is -0.472. The zero-order valence-corrected chi connectivity index (χ0v) is 15.8.